The average molecular weight is 440 g/mol. The van der Waals surface area contributed by atoms with Gasteiger partial charge in [-0.2, -0.15) is 0 Å². The number of hydrogen-bond acceptors (Lipinski definition) is 3. The number of halogens is 1. The van der Waals surface area contributed by atoms with E-state index in [4.69, 9.17) is 4.74 Å². The number of aryl methyl sites for hydroxylation is 1. The predicted molar refractivity (Wildman–Crippen MR) is 110 cm³/mol. The Kier molecular flexibility index (Phi) is 6.88. The van der Waals surface area contributed by atoms with Crippen LogP contribution in [0.3, 0.4) is 0 Å². The molecule has 2 aromatic rings. The lowest BCUT2D eigenvalue weighted by Gasteiger charge is -2.21. The molecule has 26 heavy (non-hydrogen) atoms. The molecule has 2 rings (SSSR count). The highest BCUT2D eigenvalue weighted by molar-refractivity contribution is 9.10. The van der Waals surface area contributed by atoms with Crippen LogP contribution < -0.4 is 9.46 Å². The van der Waals surface area contributed by atoms with Gasteiger partial charge in [-0.1, -0.05) is 41.9 Å². The molecule has 0 saturated carbocycles. The van der Waals surface area contributed by atoms with E-state index in [-0.39, 0.29) is 17.7 Å². The summed E-state index contributed by atoms with van der Waals surface area (Å²) in [4.78, 5) is 0. The standard InChI is InChI=1S/C20H26BrNO3S/c1-13(2)18-11-19(14(3)9-20(18)25-5)15(4)22-26(23,24)12-16-7-6-8-17(21)10-16/h6-11,13,15,22H,12H2,1-5H3/t15-/m0/s1. The molecule has 2 aromatic carbocycles. The first-order valence-corrected chi connectivity index (χ1v) is 11.0. The van der Waals surface area contributed by atoms with Gasteiger partial charge >= 0.3 is 0 Å². The Morgan fingerprint density at radius 1 is 1.12 bits per heavy atom. The second-order valence-electron chi connectivity index (χ2n) is 6.83. The van der Waals surface area contributed by atoms with Crippen molar-refractivity contribution in [3.05, 3.63) is 63.1 Å². The van der Waals surface area contributed by atoms with Crippen LogP contribution in [-0.4, -0.2) is 15.5 Å². The third-order valence-corrected chi connectivity index (χ3v) is 6.23. The first kappa shape index (κ1) is 20.9. The van der Waals surface area contributed by atoms with E-state index in [0.29, 0.717) is 0 Å². The summed E-state index contributed by atoms with van der Waals surface area (Å²) in [6.07, 6.45) is 0. The summed E-state index contributed by atoms with van der Waals surface area (Å²) in [6.45, 7) is 8.04. The van der Waals surface area contributed by atoms with Crippen LogP contribution in [0.15, 0.2) is 40.9 Å². The number of ether oxygens (including phenoxy) is 1. The van der Waals surface area contributed by atoms with Crippen molar-refractivity contribution in [1.29, 1.82) is 0 Å². The van der Waals surface area contributed by atoms with Gasteiger partial charge in [0.25, 0.3) is 0 Å². The van der Waals surface area contributed by atoms with Gasteiger partial charge in [-0.25, -0.2) is 13.1 Å². The molecule has 1 atom stereocenters. The van der Waals surface area contributed by atoms with Crippen molar-refractivity contribution in [2.24, 2.45) is 0 Å². The minimum absolute atomic E-state index is 0.0526. The molecule has 0 aliphatic carbocycles. The van der Waals surface area contributed by atoms with Crippen molar-refractivity contribution in [1.82, 2.24) is 4.72 Å². The van der Waals surface area contributed by atoms with Crippen molar-refractivity contribution in [3.63, 3.8) is 0 Å². The van der Waals surface area contributed by atoms with Crippen LogP contribution in [0.2, 0.25) is 0 Å². The van der Waals surface area contributed by atoms with Crippen LogP contribution in [0.25, 0.3) is 0 Å². The number of methoxy groups -OCH3 is 1. The fourth-order valence-corrected chi connectivity index (χ4v) is 4.84. The minimum atomic E-state index is -3.47. The van der Waals surface area contributed by atoms with E-state index in [2.05, 4.69) is 34.5 Å². The fraction of sp³-hybridized carbons (Fsp3) is 0.400. The number of hydrogen-bond donors (Lipinski definition) is 1. The first-order valence-electron chi connectivity index (χ1n) is 8.56. The highest BCUT2D eigenvalue weighted by atomic mass is 79.9. The fourth-order valence-electron chi connectivity index (χ4n) is 3.03. The maximum absolute atomic E-state index is 12.6. The molecule has 0 spiro atoms. The Balaban J connectivity index is 2.25. The lowest BCUT2D eigenvalue weighted by molar-refractivity contribution is 0.406. The minimum Gasteiger partial charge on any atom is -0.496 e. The summed E-state index contributed by atoms with van der Waals surface area (Å²) in [5, 5.41) is 0. The molecular formula is C20H26BrNO3S. The van der Waals surface area contributed by atoms with E-state index in [1.807, 2.05) is 50.2 Å². The molecule has 0 saturated heterocycles. The van der Waals surface area contributed by atoms with Crippen molar-refractivity contribution >= 4 is 26.0 Å². The molecule has 0 aliphatic heterocycles. The number of benzene rings is 2. The zero-order valence-electron chi connectivity index (χ0n) is 15.8. The summed E-state index contributed by atoms with van der Waals surface area (Å²) in [6, 6.07) is 11.0. The van der Waals surface area contributed by atoms with E-state index < -0.39 is 10.0 Å². The average Bonchev–Trinajstić information content (AvgIpc) is 2.52. The van der Waals surface area contributed by atoms with Crippen LogP contribution in [0.1, 0.15) is 55.0 Å². The van der Waals surface area contributed by atoms with E-state index in [1.54, 1.807) is 7.11 Å². The summed E-state index contributed by atoms with van der Waals surface area (Å²) < 4.78 is 34.3. The largest absolute Gasteiger partial charge is 0.496 e. The smallest absolute Gasteiger partial charge is 0.216 e. The molecule has 0 radical (unpaired) electrons. The van der Waals surface area contributed by atoms with Crippen molar-refractivity contribution in [3.8, 4) is 5.75 Å². The van der Waals surface area contributed by atoms with E-state index in [0.717, 1.165) is 32.5 Å². The third kappa shape index (κ3) is 5.32. The normalized spacial score (nSPS) is 13.0. The van der Waals surface area contributed by atoms with Crippen LogP contribution in [0, 0.1) is 6.92 Å². The molecule has 0 aromatic heterocycles. The van der Waals surface area contributed by atoms with Crippen LogP contribution in [0.5, 0.6) is 5.75 Å². The lowest BCUT2D eigenvalue weighted by Crippen LogP contribution is -2.28. The second-order valence-corrected chi connectivity index (χ2v) is 9.50. The molecule has 0 fully saturated rings. The Hall–Kier alpha value is -1.37. The monoisotopic (exact) mass is 439 g/mol. The van der Waals surface area contributed by atoms with Crippen molar-refractivity contribution in [2.45, 2.75) is 45.4 Å². The maximum atomic E-state index is 12.6. The summed E-state index contributed by atoms with van der Waals surface area (Å²) in [7, 11) is -1.81. The van der Waals surface area contributed by atoms with Crippen molar-refractivity contribution < 1.29 is 13.2 Å². The Morgan fingerprint density at radius 2 is 1.81 bits per heavy atom. The molecule has 0 bridgehead atoms. The Bertz CT molecular complexity index is 879. The molecule has 1 N–H and O–H groups in total. The molecule has 0 aliphatic rings. The molecular weight excluding hydrogens is 414 g/mol. The van der Waals surface area contributed by atoms with Gasteiger partial charge in [0.2, 0.25) is 10.0 Å². The van der Waals surface area contributed by atoms with Gasteiger partial charge in [0, 0.05) is 10.5 Å². The van der Waals surface area contributed by atoms with Crippen LogP contribution in [-0.2, 0) is 15.8 Å². The number of rotatable bonds is 7. The van der Waals surface area contributed by atoms with Crippen LogP contribution >= 0.6 is 15.9 Å². The van der Waals surface area contributed by atoms with E-state index >= 15 is 0 Å². The van der Waals surface area contributed by atoms with E-state index in [9.17, 15) is 8.42 Å². The Labute approximate surface area is 165 Å². The summed E-state index contributed by atoms with van der Waals surface area (Å²) in [5.74, 6) is 1.07. The SMILES string of the molecule is COc1cc(C)c([C@H](C)NS(=O)(=O)Cc2cccc(Br)c2)cc1C(C)C. The zero-order valence-corrected chi connectivity index (χ0v) is 18.2. The number of sulfonamides is 1. The number of nitrogens with one attached hydrogen (secondary N) is 1. The van der Waals surface area contributed by atoms with Gasteiger partial charge in [-0.3, -0.25) is 0 Å². The lowest BCUT2D eigenvalue weighted by atomic mass is 9.94. The maximum Gasteiger partial charge on any atom is 0.216 e. The summed E-state index contributed by atoms with van der Waals surface area (Å²) in [5.41, 5.74) is 3.79. The van der Waals surface area contributed by atoms with E-state index in [1.165, 1.54) is 0 Å². The quantitative estimate of drug-likeness (QED) is 0.654. The molecule has 0 heterocycles. The Morgan fingerprint density at radius 3 is 2.38 bits per heavy atom. The zero-order chi connectivity index (χ0) is 19.5. The molecule has 142 valence electrons. The van der Waals surface area contributed by atoms with Gasteiger partial charge in [0.15, 0.2) is 0 Å². The van der Waals surface area contributed by atoms with Gasteiger partial charge in [-0.15, -0.1) is 0 Å². The molecule has 0 unspecified atom stereocenters. The first-order chi connectivity index (χ1) is 12.1. The third-order valence-electron chi connectivity index (χ3n) is 4.31. The highest BCUT2D eigenvalue weighted by Gasteiger charge is 2.20. The van der Waals surface area contributed by atoms with Crippen LogP contribution in [0.4, 0.5) is 0 Å². The second kappa shape index (κ2) is 8.55. The van der Waals surface area contributed by atoms with Gasteiger partial charge < -0.3 is 4.74 Å². The molecule has 0 amide bonds. The van der Waals surface area contributed by atoms with Gasteiger partial charge in [-0.05, 0) is 66.3 Å². The van der Waals surface area contributed by atoms with Crippen molar-refractivity contribution in [2.75, 3.05) is 7.11 Å². The highest BCUT2D eigenvalue weighted by Crippen LogP contribution is 2.32. The van der Waals surface area contributed by atoms with Gasteiger partial charge in [0.1, 0.15) is 5.75 Å². The molecule has 4 nitrogen and oxygen atoms in total. The predicted octanol–water partition coefficient (Wildman–Crippen LogP) is 5.07. The molecule has 6 heteroatoms. The topological polar surface area (TPSA) is 55.4 Å². The summed E-state index contributed by atoms with van der Waals surface area (Å²) >= 11 is 3.37. The van der Waals surface area contributed by atoms with Gasteiger partial charge in [0.05, 0.1) is 12.9 Å².